The van der Waals surface area contributed by atoms with Crippen molar-refractivity contribution in [2.45, 2.75) is 18.2 Å². The van der Waals surface area contributed by atoms with Crippen molar-refractivity contribution < 1.29 is 8.42 Å². The Kier molecular flexibility index (Phi) is 5.36. The first kappa shape index (κ1) is 16.3. The fourth-order valence-corrected chi connectivity index (χ4v) is 2.89. The fourth-order valence-electron chi connectivity index (χ4n) is 1.86. The lowest BCUT2D eigenvalue weighted by Gasteiger charge is -2.25. The summed E-state index contributed by atoms with van der Waals surface area (Å²) in [5, 5.41) is 8.67. The fraction of sp³-hybridized carbons (Fsp3) is 0.462. The van der Waals surface area contributed by atoms with E-state index in [1.54, 1.807) is 12.1 Å². The number of hydrogen-bond acceptors (Lipinski definition) is 5. The maximum absolute atomic E-state index is 12.2. The standard InChI is InChI=1S/C13H20N4O2S/c1-4-17(10-6-9-14)11-7-5-8-12(13(11)15)20(18,19)16(2)3/h5,7-8H,4,6,10,15H2,1-3H3. The van der Waals surface area contributed by atoms with Crippen molar-refractivity contribution in [3.63, 3.8) is 0 Å². The van der Waals surface area contributed by atoms with Crippen LogP contribution in [0.4, 0.5) is 11.4 Å². The van der Waals surface area contributed by atoms with E-state index in [1.807, 2.05) is 11.8 Å². The highest BCUT2D eigenvalue weighted by Crippen LogP contribution is 2.31. The molecule has 0 aliphatic rings. The molecule has 0 saturated carbocycles. The van der Waals surface area contributed by atoms with Gasteiger partial charge in [0.2, 0.25) is 10.0 Å². The first-order valence-electron chi connectivity index (χ1n) is 6.29. The van der Waals surface area contributed by atoms with Crippen LogP contribution in [0.5, 0.6) is 0 Å². The Labute approximate surface area is 120 Å². The zero-order valence-corrected chi connectivity index (χ0v) is 12.8. The summed E-state index contributed by atoms with van der Waals surface area (Å²) < 4.78 is 25.5. The summed E-state index contributed by atoms with van der Waals surface area (Å²) in [5.74, 6) is 0. The molecular weight excluding hydrogens is 276 g/mol. The molecule has 0 atom stereocenters. The minimum atomic E-state index is -3.58. The molecule has 2 N–H and O–H groups in total. The highest BCUT2D eigenvalue weighted by atomic mass is 32.2. The van der Waals surface area contributed by atoms with Gasteiger partial charge in [-0.25, -0.2) is 12.7 Å². The van der Waals surface area contributed by atoms with Crippen LogP contribution < -0.4 is 10.6 Å². The zero-order valence-electron chi connectivity index (χ0n) is 12.0. The molecule has 0 aliphatic carbocycles. The Morgan fingerprint density at radius 1 is 1.35 bits per heavy atom. The van der Waals surface area contributed by atoms with Gasteiger partial charge >= 0.3 is 0 Å². The van der Waals surface area contributed by atoms with Gasteiger partial charge in [0, 0.05) is 27.2 Å². The number of anilines is 2. The van der Waals surface area contributed by atoms with Gasteiger partial charge < -0.3 is 10.6 Å². The molecule has 20 heavy (non-hydrogen) atoms. The minimum Gasteiger partial charge on any atom is -0.396 e. The topological polar surface area (TPSA) is 90.4 Å². The maximum Gasteiger partial charge on any atom is 0.244 e. The van der Waals surface area contributed by atoms with Crippen molar-refractivity contribution in [2.24, 2.45) is 0 Å². The monoisotopic (exact) mass is 296 g/mol. The van der Waals surface area contributed by atoms with E-state index in [9.17, 15) is 8.42 Å². The van der Waals surface area contributed by atoms with Crippen molar-refractivity contribution in [1.29, 1.82) is 5.26 Å². The average molecular weight is 296 g/mol. The van der Waals surface area contributed by atoms with E-state index in [1.165, 1.54) is 20.2 Å². The SMILES string of the molecule is CCN(CCC#N)c1cccc(S(=O)(=O)N(C)C)c1N. The molecule has 0 fully saturated rings. The first-order valence-corrected chi connectivity index (χ1v) is 7.73. The van der Waals surface area contributed by atoms with Crippen LogP contribution in [0.1, 0.15) is 13.3 Å². The van der Waals surface area contributed by atoms with Gasteiger partial charge in [-0.05, 0) is 19.1 Å². The number of rotatable bonds is 6. The molecule has 0 unspecified atom stereocenters. The number of para-hydroxylation sites is 1. The molecule has 7 heteroatoms. The molecule has 0 saturated heterocycles. The summed E-state index contributed by atoms with van der Waals surface area (Å²) in [7, 11) is -0.642. The van der Waals surface area contributed by atoms with E-state index in [0.717, 1.165) is 4.31 Å². The molecule has 0 radical (unpaired) electrons. The van der Waals surface area contributed by atoms with Crippen molar-refractivity contribution in [3.05, 3.63) is 18.2 Å². The van der Waals surface area contributed by atoms with E-state index < -0.39 is 10.0 Å². The van der Waals surface area contributed by atoms with Gasteiger partial charge in [0.15, 0.2) is 0 Å². The van der Waals surface area contributed by atoms with E-state index in [0.29, 0.717) is 25.2 Å². The van der Waals surface area contributed by atoms with Gasteiger partial charge in [0.05, 0.1) is 23.9 Å². The highest BCUT2D eigenvalue weighted by molar-refractivity contribution is 7.89. The maximum atomic E-state index is 12.2. The Morgan fingerprint density at radius 2 is 2.00 bits per heavy atom. The van der Waals surface area contributed by atoms with Crippen molar-refractivity contribution in [3.8, 4) is 6.07 Å². The van der Waals surface area contributed by atoms with E-state index in [4.69, 9.17) is 11.0 Å². The second kappa shape index (κ2) is 6.59. The molecule has 0 aromatic heterocycles. The number of sulfonamides is 1. The highest BCUT2D eigenvalue weighted by Gasteiger charge is 2.22. The average Bonchev–Trinajstić information content (AvgIpc) is 2.40. The molecule has 6 nitrogen and oxygen atoms in total. The number of nitrogens with zero attached hydrogens (tertiary/aromatic N) is 3. The van der Waals surface area contributed by atoms with Gasteiger partial charge in [-0.3, -0.25) is 0 Å². The van der Waals surface area contributed by atoms with Crippen LogP contribution in [0, 0.1) is 11.3 Å². The van der Waals surface area contributed by atoms with Gasteiger partial charge in [-0.1, -0.05) is 6.07 Å². The van der Waals surface area contributed by atoms with Gasteiger partial charge in [0.1, 0.15) is 4.90 Å². The lowest BCUT2D eigenvalue weighted by Crippen LogP contribution is -2.27. The van der Waals surface area contributed by atoms with Crippen LogP contribution in [-0.2, 0) is 10.0 Å². The molecule has 1 aromatic rings. The first-order chi connectivity index (χ1) is 9.36. The van der Waals surface area contributed by atoms with Gasteiger partial charge in [-0.2, -0.15) is 5.26 Å². The van der Waals surface area contributed by atoms with Crippen molar-refractivity contribution in [2.75, 3.05) is 37.8 Å². The smallest absolute Gasteiger partial charge is 0.244 e. The Bertz CT molecular complexity index is 605. The van der Waals surface area contributed by atoms with E-state index in [-0.39, 0.29) is 10.6 Å². The van der Waals surface area contributed by atoms with Crippen molar-refractivity contribution in [1.82, 2.24) is 4.31 Å². The van der Waals surface area contributed by atoms with E-state index in [2.05, 4.69) is 6.07 Å². The number of benzene rings is 1. The van der Waals surface area contributed by atoms with Crippen LogP contribution in [0.3, 0.4) is 0 Å². The summed E-state index contributed by atoms with van der Waals surface area (Å²) in [6.07, 6.45) is 0.359. The second-order valence-corrected chi connectivity index (χ2v) is 6.58. The number of nitrogen functional groups attached to an aromatic ring is 1. The Morgan fingerprint density at radius 3 is 2.50 bits per heavy atom. The third kappa shape index (κ3) is 3.21. The minimum absolute atomic E-state index is 0.0930. The van der Waals surface area contributed by atoms with Crippen LogP contribution in [0.15, 0.2) is 23.1 Å². The molecule has 0 aliphatic heterocycles. The summed E-state index contributed by atoms with van der Waals surface area (Å²) in [5.41, 5.74) is 6.89. The molecule has 1 aromatic carbocycles. The molecule has 0 spiro atoms. The molecule has 0 amide bonds. The summed E-state index contributed by atoms with van der Waals surface area (Å²) in [6.45, 7) is 3.10. The zero-order chi connectivity index (χ0) is 15.3. The van der Waals surface area contributed by atoms with Gasteiger partial charge in [-0.15, -0.1) is 0 Å². The van der Waals surface area contributed by atoms with Crippen LogP contribution in [0.25, 0.3) is 0 Å². The predicted octanol–water partition coefficient (Wildman–Crippen LogP) is 1.26. The summed E-state index contributed by atoms with van der Waals surface area (Å²) >= 11 is 0. The van der Waals surface area contributed by atoms with E-state index >= 15 is 0 Å². The normalized spacial score (nSPS) is 11.3. The molecular formula is C13H20N4O2S. The van der Waals surface area contributed by atoms with Crippen LogP contribution in [0.2, 0.25) is 0 Å². The Hall–Kier alpha value is -1.78. The Balaban J connectivity index is 3.29. The third-order valence-electron chi connectivity index (χ3n) is 3.02. The second-order valence-electron chi connectivity index (χ2n) is 4.46. The third-order valence-corrected chi connectivity index (χ3v) is 4.89. The molecule has 0 bridgehead atoms. The molecule has 0 heterocycles. The quantitative estimate of drug-likeness (QED) is 0.798. The number of nitrogens with two attached hydrogens (primary N) is 1. The van der Waals surface area contributed by atoms with Gasteiger partial charge in [0.25, 0.3) is 0 Å². The lowest BCUT2D eigenvalue weighted by atomic mass is 10.2. The number of hydrogen-bond donors (Lipinski definition) is 1. The van der Waals surface area contributed by atoms with Crippen molar-refractivity contribution >= 4 is 21.4 Å². The summed E-state index contributed by atoms with van der Waals surface area (Å²) in [4.78, 5) is 1.99. The molecule has 1 rings (SSSR count). The largest absolute Gasteiger partial charge is 0.396 e. The van der Waals surface area contributed by atoms with Crippen LogP contribution >= 0.6 is 0 Å². The summed E-state index contributed by atoms with van der Waals surface area (Å²) in [6, 6.07) is 7.00. The number of nitriles is 1. The molecule has 110 valence electrons. The van der Waals surface area contributed by atoms with Crippen LogP contribution in [-0.4, -0.2) is 39.9 Å². The predicted molar refractivity (Wildman–Crippen MR) is 79.8 cm³/mol. The lowest BCUT2D eigenvalue weighted by molar-refractivity contribution is 0.521.